The Bertz CT molecular complexity index is 2610. The number of aryl methyl sites for hydroxylation is 1. The molecule has 9 aromatic rings. The number of hydrogen-bond donors (Lipinski definition) is 0. The Balaban J connectivity index is 1.29. The molecule has 2 heterocycles. The number of anilines is 3. The Morgan fingerprint density at radius 2 is 0.820 bits per heavy atom. The van der Waals surface area contributed by atoms with Crippen molar-refractivity contribution in [1.82, 2.24) is 9.13 Å². The summed E-state index contributed by atoms with van der Waals surface area (Å²) in [5.41, 5.74) is 6.97. The van der Waals surface area contributed by atoms with Gasteiger partial charge in [0.25, 0.3) is 0 Å². The Hall–Kier alpha value is -6.34. The second kappa shape index (κ2) is 11.4. The molecule has 0 bridgehead atoms. The normalized spacial score (nSPS) is 11.7. The number of aromatic nitrogens is 2. The van der Waals surface area contributed by atoms with Crippen LogP contribution < -0.4 is 4.90 Å². The third-order valence-corrected chi connectivity index (χ3v) is 9.42. The summed E-state index contributed by atoms with van der Waals surface area (Å²) in [6.45, 7) is 2.03. The molecule has 0 atom stereocenters. The van der Waals surface area contributed by atoms with Gasteiger partial charge in [0.1, 0.15) is 23.3 Å². The predicted octanol–water partition coefficient (Wildman–Crippen LogP) is 12.2. The monoisotopic (exact) mass is 661 g/mol. The second-order valence-corrected chi connectivity index (χ2v) is 12.5. The molecule has 7 heteroatoms. The Morgan fingerprint density at radius 1 is 0.400 bits per heavy atom. The first-order chi connectivity index (χ1) is 24.4. The molecule has 0 saturated carbocycles. The maximum absolute atomic E-state index is 15.2. The van der Waals surface area contributed by atoms with E-state index in [1.54, 1.807) is 9.13 Å². The summed E-state index contributed by atoms with van der Waals surface area (Å²) in [5, 5.41) is 3.54. The highest BCUT2D eigenvalue weighted by Gasteiger charge is 2.21. The van der Waals surface area contributed by atoms with E-state index >= 15 is 8.78 Å². The molecule has 2 aromatic heterocycles. The first-order valence-corrected chi connectivity index (χ1v) is 16.2. The van der Waals surface area contributed by atoms with Crippen LogP contribution in [0.1, 0.15) is 5.56 Å². The highest BCUT2D eigenvalue weighted by atomic mass is 19.1. The average molecular weight is 662 g/mol. The molecule has 0 fully saturated rings. The smallest absolute Gasteiger partial charge is 0.147 e. The molecule has 0 spiro atoms. The van der Waals surface area contributed by atoms with Crippen LogP contribution >= 0.6 is 0 Å². The third-order valence-electron chi connectivity index (χ3n) is 9.42. The van der Waals surface area contributed by atoms with Gasteiger partial charge >= 0.3 is 0 Å². The molecule has 9 rings (SSSR count). The summed E-state index contributed by atoms with van der Waals surface area (Å²) in [4.78, 5) is 2.14. The van der Waals surface area contributed by atoms with Crippen LogP contribution in [0.25, 0.3) is 55.0 Å². The SMILES string of the molecule is Cc1ccc(N(c2ccc3c(c2)c2ccccc2n3-c2cc(F)ccc2F)c2ccc3c(c2)c2ccccc2n3-c2cc(F)ccc2F)cc1. The first-order valence-electron chi connectivity index (χ1n) is 16.2. The quantitative estimate of drug-likeness (QED) is 0.167. The molecule has 7 aromatic carbocycles. The van der Waals surface area contributed by atoms with Gasteiger partial charge in [0.15, 0.2) is 0 Å². The highest BCUT2D eigenvalue weighted by Crippen LogP contribution is 2.42. The van der Waals surface area contributed by atoms with Crippen molar-refractivity contribution in [3.05, 3.63) is 174 Å². The van der Waals surface area contributed by atoms with E-state index in [0.29, 0.717) is 0 Å². The minimum absolute atomic E-state index is 0.135. The molecule has 0 aliphatic rings. The zero-order chi connectivity index (χ0) is 34.1. The molecule has 0 radical (unpaired) electrons. The van der Waals surface area contributed by atoms with E-state index in [0.717, 1.165) is 90.5 Å². The Labute approximate surface area is 284 Å². The lowest BCUT2D eigenvalue weighted by Gasteiger charge is -2.26. The van der Waals surface area contributed by atoms with E-state index in [1.807, 2.05) is 79.7 Å². The third kappa shape index (κ3) is 4.65. The highest BCUT2D eigenvalue weighted by molar-refractivity contribution is 6.12. The van der Waals surface area contributed by atoms with Crippen molar-refractivity contribution in [2.45, 2.75) is 6.92 Å². The van der Waals surface area contributed by atoms with Crippen LogP contribution in [0, 0.1) is 30.2 Å². The number of nitrogens with zero attached hydrogens (tertiary/aromatic N) is 3. The predicted molar refractivity (Wildman–Crippen MR) is 194 cm³/mol. The first kappa shape index (κ1) is 29.8. The summed E-state index contributed by atoms with van der Waals surface area (Å²) in [7, 11) is 0. The van der Waals surface area contributed by atoms with Crippen molar-refractivity contribution in [2.75, 3.05) is 4.90 Å². The zero-order valence-corrected chi connectivity index (χ0v) is 26.7. The van der Waals surface area contributed by atoms with Crippen molar-refractivity contribution in [1.29, 1.82) is 0 Å². The zero-order valence-electron chi connectivity index (χ0n) is 26.7. The molecule has 3 nitrogen and oxygen atoms in total. The van der Waals surface area contributed by atoms with Gasteiger partial charge < -0.3 is 14.0 Å². The van der Waals surface area contributed by atoms with Crippen LogP contribution in [-0.4, -0.2) is 9.13 Å². The van der Waals surface area contributed by atoms with Gasteiger partial charge in [0, 0.05) is 50.7 Å². The molecule has 0 amide bonds. The van der Waals surface area contributed by atoms with Gasteiger partial charge in [-0.3, -0.25) is 0 Å². The number of hydrogen-bond acceptors (Lipinski definition) is 1. The maximum atomic E-state index is 15.2. The van der Waals surface area contributed by atoms with Crippen molar-refractivity contribution >= 4 is 60.7 Å². The molecule has 0 unspecified atom stereocenters. The van der Waals surface area contributed by atoms with Crippen LogP contribution in [0.5, 0.6) is 0 Å². The van der Waals surface area contributed by atoms with Gasteiger partial charge in [-0.1, -0.05) is 54.1 Å². The van der Waals surface area contributed by atoms with E-state index in [2.05, 4.69) is 41.3 Å². The Morgan fingerprint density at radius 3 is 1.30 bits per heavy atom. The molecule has 0 aliphatic heterocycles. The molecular weight excluding hydrogens is 634 g/mol. The standard InChI is InChI=1S/C43H27F4N3/c1-26-10-14-29(15-11-26)48(30-16-20-40-34(24-30)32-6-2-4-8-38(32)49(40)42-22-27(44)12-18-36(42)46)31-17-21-41-35(25-31)33-7-3-5-9-39(33)50(41)43-23-28(45)13-19-37(43)47/h2-25H,1H3. The van der Waals surface area contributed by atoms with Gasteiger partial charge in [-0.25, -0.2) is 17.6 Å². The topological polar surface area (TPSA) is 13.1 Å². The summed E-state index contributed by atoms with van der Waals surface area (Å²) >= 11 is 0. The summed E-state index contributed by atoms with van der Waals surface area (Å²) < 4.78 is 62.8. The molecule has 50 heavy (non-hydrogen) atoms. The lowest BCUT2D eigenvalue weighted by atomic mass is 10.1. The molecular formula is C43H27F4N3. The van der Waals surface area contributed by atoms with Crippen molar-refractivity contribution in [3.8, 4) is 11.4 Å². The van der Waals surface area contributed by atoms with Gasteiger partial charge in [0.2, 0.25) is 0 Å². The molecule has 242 valence electrons. The lowest BCUT2D eigenvalue weighted by Crippen LogP contribution is -2.10. The largest absolute Gasteiger partial charge is 0.310 e. The number of benzene rings is 7. The fourth-order valence-electron chi connectivity index (χ4n) is 7.17. The number of rotatable bonds is 5. The Kier molecular flexibility index (Phi) is 6.78. The van der Waals surface area contributed by atoms with E-state index in [1.165, 1.54) is 12.1 Å². The van der Waals surface area contributed by atoms with Crippen molar-refractivity contribution in [2.24, 2.45) is 0 Å². The van der Waals surface area contributed by atoms with Crippen molar-refractivity contribution < 1.29 is 17.6 Å². The minimum atomic E-state index is -0.523. The number of halogens is 4. The fourth-order valence-corrected chi connectivity index (χ4v) is 7.17. The average Bonchev–Trinajstić information content (AvgIpc) is 3.63. The summed E-state index contributed by atoms with van der Waals surface area (Å²) in [6, 6.07) is 42.6. The van der Waals surface area contributed by atoms with E-state index in [-0.39, 0.29) is 11.4 Å². The maximum Gasteiger partial charge on any atom is 0.147 e. The van der Waals surface area contributed by atoms with Crippen LogP contribution in [0.15, 0.2) is 146 Å². The molecule has 0 saturated heterocycles. The number of fused-ring (bicyclic) bond motifs is 6. The van der Waals surface area contributed by atoms with E-state index in [9.17, 15) is 8.78 Å². The van der Waals surface area contributed by atoms with Gasteiger partial charge in [-0.15, -0.1) is 0 Å². The van der Waals surface area contributed by atoms with Crippen LogP contribution in [0.4, 0.5) is 34.6 Å². The summed E-state index contributed by atoms with van der Waals surface area (Å²) in [5.74, 6) is -2.09. The van der Waals surface area contributed by atoms with Crippen LogP contribution in [0.3, 0.4) is 0 Å². The summed E-state index contributed by atoms with van der Waals surface area (Å²) in [6.07, 6.45) is 0. The minimum Gasteiger partial charge on any atom is -0.310 e. The molecule has 0 N–H and O–H groups in total. The van der Waals surface area contributed by atoms with Crippen LogP contribution in [0.2, 0.25) is 0 Å². The van der Waals surface area contributed by atoms with Crippen LogP contribution in [-0.2, 0) is 0 Å². The fraction of sp³-hybridized carbons (Fsp3) is 0.0233. The molecule has 0 aliphatic carbocycles. The van der Waals surface area contributed by atoms with E-state index < -0.39 is 23.3 Å². The lowest BCUT2D eigenvalue weighted by molar-refractivity contribution is 0.595. The van der Waals surface area contributed by atoms with E-state index in [4.69, 9.17) is 0 Å². The van der Waals surface area contributed by atoms with Gasteiger partial charge in [-0.05, 0) is 91.9 Å². The van der Waals surface area contributed by atoms with Gasteiger partial charge in [0.05, 0.1) is 33.4 Å². The second-order valence-electron chi connectivity index (χ2n) is 12.5. The van der Waals surface area contributed by atoms with Gasteiger partial charge in [-0.2, -0.15) is 0 Å². The van der Waals surface area contributed by atoms with Crippen molar-refractivity contribution in [3.63, 3.8) is 0 Å². The number of para-hydroxylation sites is 2.